The largest absolute Gasteiger partial charge is 0.427 e. The van der Waals surface area contributed by atoms with Crippen molar-refractivity contribution >= 4 is 5.91 Å². The molecule has 1 aliphatic rings. The van der Waals surface area contributed by atoms with Crippen LogP contribution in [0.15, 0.2) is 19.8 Å². The van der Waals surface area contributed by atoms with Gasteiger partial charge in [-0.1, -0.05) is 11.6 Å². The van der Waals surface area contributed by atoms with Gasteiger partial charge in [0.15, 0.2) is 0 Å². The molecule has 2 aromatic rings. The summed E-state index contributed by atoms with van der Waals surface area (Å²) in [5.41, 5.74) is 1.71. The highest BCUT2D eigenvalue weighted by Crippen LogP contribution is 2.36. The molecule has 2 heterocycles. The number of nitrogens with zero attached hydrogens (tertiary/aromatic N) is 1. The first kappa shape index (κ1) is 15.5. The monoisotopic (exact) mass is 316 g/mol. The van der Waals surface area contributed by atoms with Crippen molar-refractivity contribution < 1.29 is 13.7 Å². The minimum absolute atomic E-state index is 0.0693. The highest BCUT2D eigenvalue weighted by atomic mass is 16.5. The first-order chi connectivity index (χ1) is 11.0. The van der Waals surface area contributed by atoms with Crippen molar-refractivity contribution in [2.75, 3.05) is 0 Å². The summed E-state index contributed by atoms with van der Waals surface area (Å²) in [6.45, 7) is 5.63. The zero-order chi connectivity index (χ0) is 16.6. The number of carbonyl (C=O) groups is 1. The van der Waals surface area contributed by atoms with Crippen molar-refractivity contribution in [2.24, 2.45) is 0 Å². The molecule has 1 saturated carbocycles. The van der Waals surface area contributed by atoms with E-state index in [9.17, 15) is 9.59 Å². The molecular formula is C17H20N2O4. The van der Waals surface area contributed by atoms with Gasteiger partial charge in [0.1, 0.15) is 17.1 Å². The van der Waals surface area contributed by atoms with Gasteiger partial charge < -0.3 is 14.3 Å². The van der Waals surface area contributed by atoms with E-state index in [1.807, 2.05) is 13.0 Å². The lowest BCUT2D eigenvalue weighted by atomic mass is 9.83. The van der Waals surface area contributed by atoms with Gasteiger partial charge in [0.25, 0.3) is 5.91 Å². The second-order valence-electron chi connectivity index (χ2n) is 6.11. The Balaban J connectivity index is 1.78. The van der Waals surface area contributed by atoms with Gasteiger partial charge in [-0.15, -0.1) is 0 Å². The Labute approximate surface area is 133 Å². The molecule has 0 bridgehead atoms. The van der Waals surface area contributed by atoms with E-state index >= 15 is 0 Å². The summed E-state index contributed by atoms with van der Waals surface area (Å²) in [5, 5.41) is 6.58. The number of aromatic nitrogens is 1. The SMILES string of the molecule is Cc1cc(C2CCC2)oc(=O)c1C(=O)NCc1c(C)noc1C. The van der Waals surface area contributed by atoms with E-state index in [1.165, 1.54) is 0 Å². The van der Waals surface area contributed by atoms with Crippen molar-refractivity contribution in [1.82, 2.24) is 10.5 Å². The molecule has 0 unspecified atom stereocenters. The van der Waals surface area contributed by atoms with Crippen LogP contribution in [0.2, 0.25) is 0 Å². The molecular weight excluding hydrogens is 296 g/mol. The first-order valence-corrected chi connectivity index (χ1v) is 7.82. The normalized spacial score (nSPS) is 14.6. The second-order valence-corrected chi connectivity index (χ2v) is 6.11. The third-order valence-electron chi connectivity index (χ3n) is 4.51. The highest BCUT2D eigenvalue weighted by Gasteiger charge is 2.25. The molecule has 1 aliphatic carbocycles. The van der Waals surface area contributed by atoms with Crippen LogP contribution < -0.4 is 10.9 Å². The van der Waals surface area contributed by atoms with Gasteiger partial charge in [-0.3, -0.25) is 4.79 Å². The minimum atomic E-state index is -0.567. The van der Waals surface area contributed by atoms with Crippen molar-refractivity contribution in [3.8, 4) is 0 Å². The van der Waals surface area contributed by atoms with Crippen LogP contribution in [0.1, 0.15) is 63.9 Å². The molecule has 0 saturated heterocycles. The Bertz CT molecular complexity index is 780. The van der Waals surface area contributed by atoms with Gasteiger partial charge in [-0.25, -0.2) is 4.79 Å². The van der Waals surface area contributed by atoms with Gasteiger partial charge in [0, 0.05) is 18.0 Å². The van der Waals surface area contributed by atoms with E-state index in [0.29, 0.717) is 23.0 Å². The van der Waals surface area contributed by atoms with Crippen LogP contribution in [0.4, 0.5) is 0 Å². The number of aryl methyl sites for hydroxylation is 3. The number of amides is 1. The van der Waals surface area contributed by atoms with Crippen LogP contribution in [-0.4, -0.2) is 11.1 Å². The fraction of sp³-hybridized carbons (Fsp3) is 0.471. The van der Waals surface area contributed by atoms with Crippen molar-refractivity contribution in [3.05, 3.63) is 50.4 Å². The average molecular weight is 316 g/mol. The highest BCUT2D eigenvalue weighted by molar-refractivity contribution is 5.95. The van der Waals surface area contributed by atoms with Crippen molar-refractivity contribution in [2.45, 2.75) is 52.5 Å². The van der Waals surface area contributed by atoms with Gasteiger partial charge in [0.05, 0.1) is 5.69 Å². The quantitative estimate of drug-likeness (QED) is 0.937. The number of hydrogen-bond acceptors (Lipinski definition) is 5. The van der Waals surface area contributed by atoms with Crippen molar-refractivity contribution in [1.29, 1.82) is 0 Å². The van der Waals surface area contributed by atoms with Crippen LogP contribution in [0.3, 0.4) is 0 Å². The predicted molar refractivity (Wildman–Crippen MR) is 83.5 cm³/mol. The topological polar surface area (TPSA) is 85.3 Å². The molecule has 23 heavy (non-hydrogen) atoms. The van der Waals surface area contributed by atoms with Gasteiger partial charge in [-0.2, -0.15) is 0 Å². The lowest BCUT2D eigenvalue weighted by Crippen LogP contribution is -2.30. The number of carbonyl (C=O) groups excluding carboxylic acids is 1. The molecule has 6 nitrogen and oxygen atoms in total. The third-order valence-corrected chi connectivity index (χ3v) is 4.51. The van der Waals surface area contributed by atoms with E-state index in [1.54, 1.807) is 13.8 Å². The lowest BCUT2D eigenvalue weighted by Gasteiger charge is -2.24. The van der Waals surface area contributed by atoms with E-state index in [-0.39, 0.29) is 12.1 Å². The van der Waals surface area contributed by atoms with Crippen LogP contribution in [-0.2, 0) is 6.54 Å². The summed E-state index contributed by atoms with van der Waals surface area (Å²) in [6.07, 6.45) is 3.24. The molecule has 3 rings (SSSR count). The summed E-state index contributed by atoms with van der Waals surface area (Å²) in [5.74, 6) is 1.24. The second kappa shape index (κ2) is 6.02. The summed E-state index contributed by atoms with van der Waals surface area (Å²) < 4.78 is 10.4. The van der Waals surface area contributed by atoms with Crippen LogP contribution in [0, 0.1) is 20.8 Å². The fourth-order valence-corrected chi connectivity index (χ4v) is 2.81. The molecule has 1 fully saturated rings. The molecule has 0 radical (unpaired) electrons. The van der Waals surface area contributed by atoms with E-state index < -0.39 is 11.5 Å². The van der Waals surface area contributed by atoms with Crippen LogP contribution >= 0.6 is 0 Å². The van der Waals surface area contributed by atoms with E-state index in [0.717, 1.165) is 30.5 Å². The molecule has 122 valence electrons. The molecule has 6 heteroatoms. The Morgan fingerprint density at radius 3 is 2.61 bits per heavy atom. The Morgan fingerprint density at radius 1 is 1.35 bits per heavy atom. The summed E-state index contributed by atoms with van der Waals surface area (Å²) in [6, 6.07) is 1.82. The number of rotatable bonds is 4. The smallest absolute Gasteiger partial charge is 0.349 e. The van der Waals surface area contributed by atoms with E-state index in [2.05, 4.69) is 10.5 Å². The standard InChI is InChI=1S/C17H20N2O4/c1-9-7-14(12-5-4-6-12)22-17(21)15(9)16(20)18-8-13-10(2)19-23-11(13)3/h7,12H,4-6,8H2,1-3H3,(H,18,20). The van der Waals surface area contributed by atoms with Gasteiger partial charge >= 0.3 is 5.63 Å². The maximum Gasteiger partial charge on any atom is 0.349 e. The molecule has 0 atom stereocenters. The Hall–Kier alpha value is -2.37. The summed E-state index contributed by atoms with van der Waals surface area (Å²) in [4.78, 5) is 24.5. The number of nitrogens with one attached hydrogen (secondary N) is 1. The Kier molecular flexibility index (Phi) is 4.07. The zero-order valence-corrected chi connectivity index (χ0v) is 13.6. The van der Waals surface area contributed by atoms with E-state index in [4.69, 9.17) is 8.94 Å². The summed E-state index contributed by atoms with van der Waals surface area (Å²) >= 11 is 0. The molecule has 0 aliphatic heterocycles. The molecule has 1 amide bonds. The van der Waals surface area contributed by atoms with Crippen molar-refractivity contribution in [3.63, 3.8) is 0 Å². The molecule has 0 aromatic carbocycles. The van der Waals surface area contributed by atoms with Crippen LogP contribution in [0.5, 0.6) is 0 Å². The predicted octanol–water partition coefficient (Wildman–Crippen LogP) is 2.75. The molecule has 1 N–H and O–H groups in total. The summed E-state index contributed by atoms with van der Waals surface area (Å²) in [7, 11) is 0. The maximum absolute atomic E-state index is 12.3. The maximum atomic E-state index is 12.3. The van der Waals surface area contributed by atoms with Gasteiger partial charge in [0.2, 0.25) is 0 Å². The fourth-order valence-electron chi connectivity index (χ4n) is 2.81. The molecule has 0 spiro atoms. The van der Waals surface area contributed by atoms with Gasteiger partial charge in [-0.05, 0) is 45.2 Å². The van der Waals surface area contributed by atoms with Crippen LogP contribution in [0.25, 0.3) is 0 Å². The minimum Gasteiger partial charge on any atom is -0.427 e. The lowest BCUT2D eigenvalue weighted by molar-refractivity contribution is 0.0945. The first-order valence-electron chi connectivity index (χ1n) is 7.82. The zero-order valence-electron chi connectivity index (χ0n) is 13.6. The Morgan fingerprint density at radius 2 is 2.09 bits per heavy atom. The third kappa shape index (κ3) is 2.93. The molecule has 2 aromatic heterocycles. The average Bonchev–Trinajstić information content (AvgIpc) is 2.73. The number of hydrogen-bond donors (Lipinski definition) is 1.